The number of rotatable bonds is 5. The first-order valence-electron chi connectivity index (χ1n) is 8.29. The molecule has 1 aliphatic heterocycles. The molecule has 1 aliphatic carbocycles. The topological polar surface area (TPSA) is 80.1 Å². The van der Waals surface area contributed by atoms with Gasteiger partial charge in [-0.05, 0) is 31.6 Å². The van der Waals surface area contributed by atoms with E-state index in [1.807, 2.05) is 15.8 Å². The number of hydrogen-bond donors (Lipinski definition) is 1. The minimum absolute atomic E-state index is 0.0231. The number of nitrogens with zero attached hydrogens (tertiary/aromatic N) is 4. The fraction of sp³-hybridized carbons (Fsp3) is 0.800. The Balaban J connectivity index is 1.50. The van der Waals surface area contributed by atoms with Crippen LogP contribution in [0.2, 0.25) is 0 Å². The molecule has 2 unspecified atom stereocenters. The second-order valence-corrected chi connectivity index (χ2v) is 8.50. The standard InChI is InChI=1S/C15H25N5O2S/c1-23(22)15(5-3-6-15)12-16-14(21)19-8-2-4-13(10-19)11-20-9-7-17-18-20/h7,9,13H,2-6,8,10-12H2,1H3,(H,16,21). The quantitative estimate of drug-likeness (QED) is 0.868. The fourth-order valence-corrected chi connectivity index (χ4v) is 4.62. The number of hydrogen-bond acceptors (Lipinski definition) is 4. The number of carbonyl (C=O) groups excluding carboxylic acids is 1. The van der Waals surface area contributed by atoms with Gasteiger partial charge in [-0.2, -0.15) is 0 Å². The van der Waals surface area contributed by atoms with E-state index in [0.29, 0.717) is 12.5 Å². The number of carbonyl (C=O) groups is 1. The van der Waals surface area contributed by atoms with E-state index in [2.05, 4.69) is 15.6 Å². The third-order valence-corrected chi connectivity index (χ3v) is 6.93. The molecule has 2 fully saturated rings. The average Bonchev–Trinajstić information content (AvgIpc) is 2.98. The number of likely N-dealkylation sites (tertiary alicyclic amines) is 1. The Kier molecular flexibility index (Phi) is 4.99. The van der Waals surface area contributed by atoms with E-state index in [0.717, 1.165) is 51.7 Å². The van der Waals surface area contributed by atoms with Crippen molar-refractivity contribution in [1.82, 2.24) is 25.2 Å². The summed E-state index contributed by atoms with van der Waals surface area (Å²) >= 11 is 0. The van der Waals surface area contributed by atoms with Gasteiger partial charge in [-0.25, -0.2) is 4.79 Å². The van der Waals surface area contributed by atoms with E-state index in [1.54, 1.807) is 12.5 Å². The summed E-state index contributed by atoms with van der Waals surface area (Å²) in [5.41, 5.74) is 0. The smallest absolute Gasteiger partial charge is 0.317 e. The van der Waals surface area contributed by atoms with Crippen LogP contribution in [0.25, 0.3) is 0 Å². The maximum atomic E-state index is 12.4. The van der Waals surface area contributed by atoms with E-state index < -0.39 is 10.8 Å². The molecule has 3 rings (SSSR count). The Labute approximate surface area is 139 Å². The summed E-state index contributed by atoms with van der Waals surface area (Å²) in [5.74, 6) is 0.411. The first kappa shape index (κ1) is 16.4. The summed E-state index contributed by atoms with van der Waals surface area (Å²) < 4.78 is 13.5. The highest BCUT2D eigenvalue weighted by molar-refractivity contribution is 7.85. The van der Waals surface area contributed by atoms with Gasteiger partial charge in [0.15, 0.2) is 0 Å². The highest BCUT2D eigenvalue weighted by Crippen LogP contribution is 2.36. The summed E-state index contributed by atoms with van der Waals surface area (Å²) in [6, 6.07) is -0.0231. The molecule has 7 nitrogen and oxygen atoms in total. The van der Waals surface area contributed by atoms with Crippen molar-refractivity contribution in [3.8, 4) is 0 Å². The van der Waals surface area contributed by atoms with Gasteiger partial charge in [0.1, 0.15) is 0 Å². The number of amides is 2. The van der Waals surface area contributed by atoms with Crippen LogP contribution in [0.5, 0.6) is 0 Å². The Morgan fingerprint density at radius 1 is 1.43 bits per heavy atom. The molecule has 2 aliphatic rings. The van der Waals surface area contributed by atoms with Gasteiger partial charge in [0.2, 0.25) is 0 Å². The van der Waals surface area contributed by atoms with Gasteiger partial charge in [0.25, 0.3) is 0 Å². The zero-order valence-electron chi connectivity index (χ0n) is 13.6. The van der Waals surface area contributed by atoms with Crippen molar-refractivity contribution in [1.29, 1.82) is 0 Å². The van der Waals surface area contributed by atoms with Crippen molar-refractivity contribution in [3.63, 3.8) is 0 Å². The molecule has 23 heavy (non-hydrogen) atoms. The van der Waals surface area contributed by atoms with Gasteiger partial charge < -0.3 is 10.2 Å². The molecule has 0 spiro atoms. The van der Waals surface area contributed by atoms with Crippen molar-refractivity contribution in [2.75, 3.05) is 25.9 Å². The molecular weight excluding hydrogens is 314 g/mol. The molecule has 2 atom stereocenters. The van der Waals surface area contributed by atoms with Crippen LogP contribution in [-0.2, 0) is 17.3 Å². The van der Waals surface area contributed by atoms with Gasteiger partial charge in [0.05, 0.1) is 10.9 Å². The molecule has 128 valence electrons. The van der Waals surface area contributed by atoms with Crippen LogP contribution in [0, 0.1) is 5.92 Å². The molecule has 1 saturated heterocycles. The summed E-state index contributed by atoms with van der Waals surface area (Å²) in [5, 5.41) is 10.8. The van der Waals surface area contributed by atoms with Crippen molar-refractivity contribution < 1.29 is 9.00 Å². The number of urea groups is 1. The molecule has 1 aromatic heterocycles. The predicted molar refractivity (Wildman–Crippen MR) is 88.4 cm³/mol. The lowest BCUT2D eigenvalue weighted by atomic mass is 9.84. The molecule has 0 bridgehead atoms. The Hall–Kier alpha value is -1.44. The van der Waals surface area contributed by atoms with Crippen molar-refractivity contribution >= 4 is 16.8 Å². The van der Waals surface area contributed by atoms with Gasteiger partial charge in [0, 0.05) is 49.4 Å². The van der Waals surface area contributed by atoms with Crippen LogP contribution < -0.4 is 5.32 Å². The average molecular weight is 339 g/mol. The fourth-order valence-electron chi connectivity index (χ4n) is 3.48. The van der Waals surface area contributed by atoms with E-state index in [-0.39, 0.29) is 10.8 Å². The van der Waals surface area contributed by atoms with Crippen molar-refractivity contribution in [3.05, 3.63) is 12.4 Å². The zero-order chi connectivity index (χ0) is 16.3. The van der Waals surface area contributed by atoms with Crippen molar-refractivity contribution in [2.45, 2.75) is 43.4 Å². The summed E-state index contributed by atoms with van der Waals surface area (Å²) in [4.78, 5) is 14.3. The van der Waals surface area contributed by atoms with E-state index in [4.69, 9.17) is 0 Å². The normalized spacial score (nSPS) is 24.7. The monoisotopic (exact) mass is 339 g/mol. The van der Waals surface area contributed by atoms with Crippen LogP contribution in [-0.4, -0.2) is 60.8 Å². The summed E-state index contributed by atoms with van der Waals surface area (Å²) in [6.07, 6.45) is 10.4. The maximum Gasteiger partial charge on any atom is 0.317 e. The number of nitrogens with one attached hydrogen (secondary N) is 1. The second kappa shape index (κ2) is 6.98. The highest BCUT2D eigenvalue weighted by Gasteiger charge is 2.41. The summed E-state index contributed by atoms with van der Waals surface area (Å²) in [7, 11) is -0.884. The molecular formula is C15H25N5O2S. The van der Waals surface area contributed by atoms with E-state index >= 15 is 0 Å². The summed E-state index contributed by atoms with van der Waals surface area (Å²) in [6.45, 7) is 2.86. The first-order chi connectivity index (χ1) is 11.1. The molecule has 8 heteroatoms. The first-order valence-corrected chi connectivity index (χ1v) is 9.85. The van der Waals surface area contributed by atoms with E-state index in [9.17, 15) is 9.00 Å². The van der Waals surface area contributed by atoms with Gasteiger partial charge in [-0.15, -0.1) is 5.10 Å². The van der Waals surface area contributed by atoms with Crippen molar-refractivity contribution in [2.24, 2.45) is 5.92 Å². The van der Waals surface area contributed by atoms with Crippen LogP contribution in [0.3, 0.4) is 0 Å². The maximum absolute atomic E-state index is 12.4. The van der Waals surface area contributed by atoms with Gasteiger partial charge in [-0.1, -0.05) is 11.6 Å². The van der Waals surface area contributed by atoms with Gasteiger partial charge in [-0.3, -0.25) is 8.89 Å². The molecule has 1 aromatic rings. The molecule has 1 saturated carbocycles. The lowest BCUT2D eigenvalue weighted by Gasteiger charge is -2.41. The largest absolute Gasteiger partial charge is 0.336 e. The zero-order valence-corrected chi connectivity index (χ0v) is 14.4. The van der Waals surface area contributed by atoms with Crippen LogP contribution in [0.1, 0.15) is 32.1 Å². The Bertz CT molecular complexity index is 558. The lowest BCUT2D eigenvalue weighted by molar-refractivity contribution is 0.155. The molecule has 2 heterocycles. The molecule has 0 radical (unpaired) electrons. The molecule has 1 N–H and O–H groups in total. The van der Waals surface area contributed by atoms with Crippen LogP contribution >= 0.6 is 0 Å². The molecule has 0 aromatic carbocycles. The Morgan fingerprint density at radius 3 is 2.87 bits per heavy atom. The van der Waals surface area contributed by atoms with Crippen LogP contribution in [0.4, 0.5) is 4.79 Å². The highest BCUT2D eigenvalue weighted by atomic mass is 32.2. The SMILES string of the molecule is CS(=O)C1(CNC(=O)N2CCCC(Cn3ccnn3)C2)CCC1. The lowest BCUT2D eigenvalue weighted by Crippen LogP contribution is -2.54. The van der Waals surface area contributed by atoms with Crippen LogP contribution in [0.15, 0.2) is 12.4 Å². The second-order valence-electron chi connectivity index (χ2n) is 6.73. The van der Waals surface area contributed by atoms with Gasteiger partial charge >= 0.3 is 6.03 Å². The molecule has 2 amide bonds. The predicted octanol–water partition coefficient (Wildman–Crippen LogP) is 1.00. The third kappa shape index (κ3) is 3.73. The minimum atomic E-state index is -0.884. The number of piperidine rings is 1. The third-order valence-electron chi connectivity index (χ3n) is 5.16. The van der Waals surface area contributed by atoms with E-state index in [1.165, 1.54) is 0 Å². The minimum Gasteiger partial charge on any atom is -0.336 e. The number of aromatic nitrogens is 3. The Morgan fingerprint density at radius 2 is 2.26 bits per heavy atom.